The van der Waals surface area contributed by atoms with Gasteiger partial charge in [0.2, 0.25) is 5.91 Å². The third-order valence-corrected chi connectivity index (χ3v) is 5.56. The van der Waals surface area contributed by atoms with E-state index in [1.54, 1.807) is 29.4 Å². The van der Waals surface area contributed by atoms with Crippen LogP contribution in [0.4, 0.5) is 0 Å². The fraction of sp³-hybridized carbons (Fsp3) is 0.667. The summed E-state index contributed by atoms with van der Waals surface area (Å²) in [5, 5.41) is 0.746. The molecule has 0 N–H and O–H groups in total. The molecule has 6 heteroatoms. The molecule has 5 nitrogen and oxygen atoms in total. The minimum absolute atomic E-state index is 0.00457. The number of likely N-dealkylation sites (tertiary alicyclic amines) is 1. The minimum atomic E-state index is -0.0447. The van der Waals surface area contributed by atoms with Gasteiger partial charge in [0.05, 0.1) is 6.04 Å². The van der Waals surface area contributed by atoms with Crippen molar-refractivity contribution in [2.75, 3.05) is 18.8 Å². The number of piperidine rings is 1. The van der Waals surface area contributed by atoms with E-state index in [9.17, 15) is 9.59 Å². The topological polar surface area (TPSA) is 55.2 Å². The van der Waals surface area contributed by atoms with Gasteiger partial charge in [-0.3, -0.25) is 14.2 Å². The van der Waals surface area contributed by atoms with Gasteiger partial charge in [-0.1, -0.05) is 18.7 Å². The van der Waals surface area contributed by atoms with E-state index >= 15 is 0 Å². The molecule has 2 aliphatic heterocycles. The number of nitrogens with zero attached hydrogens (tertiary/aromatic N) is 3. The zero-order valence-electron chi connectivity index (χ0n) is 12.5. The molecule has 0 radical (unpaired) electrons. The van der Waals surface area contributed by atoms with Crippen molar-refractivity contribution < 1.29 is 4.79 Å². The number of carbonyl (C=O) groups is 1. The number of thioether (sulfide) groups is 1. The van der Waals surface area contributed by atoms with Crippen molar-refractivity contribution in [3.63, 3.8) is 0 Å². The molecule has 0 bridgehead atoms. The average Bonchev–Trinajstić information content (AvgIpc) is 2.87. The Balaban J connectivity index is 1.72. The maximum absolute atomic E-state index is 12.4. The van der Waals surface area contributed by atoms with E-state index in [1.807, 2.05) is 4.90 Å². The highest BCUT2D eigenvalue weighted by molar-refractivity contribution is 7.99. The Kier molecular flexibility index (Phi) is 4.06. The van der Waals surface area contributed by atoms with Gasteiger partial charge in [0, 0.05) is 37.0 Å². The van der Waals surface area contributed by atoms with Crippen LogP contribution in [0.1, 0.15) is 37.8 Å². The Morgan fingerprint density at radius 2 is 2.14 bits per heavy atom. The Morgan fingerprint density at radius 3 is 2.86 bits per heavy atom. The first kappa shape index (κ1) is 14.6. The number of hydrogen-bond donors (Lipinski definition) is 0. The second-order valence-corrected chi connectivity index (χ2v) is 7.12. The molecule has 2 aliphatic rings. The maximum Gasteiger partial charge on any atom is 0.257 e. The summed E-state index contributed by atoms with van der Waals surface area (Å²) in [5.74, 6) is 1.65. The molecule has 1 aromatic rings. The Bertz CT molecular complexity index is 605. The van der Waals surface area contributed by atoms with Crippen LogP contribution in [0.25, 0.3) is 0 Å². The van der Waals surface area contributed by atoms with Crippen molar-refractivity contribution in [2.45, 2.75) is 44.3 Å². The van der Waals surface area contributed by atoms with Crippen LogP contribution in [0.15, 0.2) is 16.1 Å². The lowest BCUT2D eigenvalue weighted by Crippen LogP contribution is -2.39. The maximum atomic E-state index is 12.4. The van der Waals surface area contributed by atoms with Crippen LogP contribution < -0.4 is 5.56 Å². The second-order valence-electron chi connectivity index (χ2n) is 6.13. The minimum Gasteiger partial charge on any atom is -0.343 e. The number of rotatable bonds is 2. The summed E-state index contributed by atoms with van der Waals surface area (Å²) in [5.41, 5.74) is 0.639. The van der Waals surface area contributed by atoms with Crippen molar-refractivity contribution in [1.82, 2.24) is 14.5 Å². The highest BCUT2D eigenvalue weighted by Crippen LogP contribution is 2.32. The number of aromatic nitrogens is 2. The second kappa shape index (κ2) is 5.83. The predicted octanol–water partition coefficient (Wildman–Crippen LogP) is 1.85. The van der Waals surface area contributed by atoms with Crippen LogP contribution in [0.5, 0.6) is 0 Å². The summed E-state index contributed by atoms with van der Waals surface area (Å²) in [4.78, 5) is 31.0. The third-order valence-electron chi connectivity index (χ3n) is 4.45. The SMILES string of the molecule is Cc1cnc2n(c1=O)[C@@H](CC(=O)N1CCC(C)CC1)CS2. The van der Waals surface area contributed by atoms with Crippen LogP contribution in [-0.2, 0) is 4.79 Å². The van der Waals surface area contributed by atoms with Crippen molar-refractivity contribution in [2.24, 2.45) is 5.92 Å². The average molecular weight is 307 g/mol. The molecule has 1 atom stereocenters. The van der Waals surface area contributed by atoms with Gasteiger partial charge in [0.1, 0.15) is 0 Å². The zero-order valence-corrected chi connectivity index (χ0v) is 13.4. The first-order valence-corrected chi connectivity index (χ1v) is 8.53. The molecular weight excluding hydrogens is 286 g/mol. The molecule has 3 rings (SSSR count). The monoisotopic (exact) mass is 307 g/mol. The Morgan fingerprint density at radius 1 is 1.43 bits per heavy atom. The first-order chi connectivity index (χ1) is 10.1. The van der Waals surface area contributed by atoms with E-state index in [0.29, 0.717) is 17.9 Å². The van der Waals surface area contributed by atoms with Gasteiger partial charge in [-0.15, -0.1) is 0 Å². The first-order valence-electron chi connectivity index (χ1n) is 7.55. The lowest BCUT2D eigenvalue weighted by atomic mass is 9.99. The number of hydrogen-bond acceptors (Lipinski definition) is 4. The van der Waals surface area contributed by atoms with Crippen molar-refractivity contribution in [3.05, 3.63) is 22.1 Å². The Hall–Kier alpha value is -1.30. The molecule has 21 heavy (non-hydrogen) atoms. The van der Waals surface area contributed by atoms with Gasteiger partial charge < -0.3 is 4.90 Å². The molecule has 1 saturated heterocycles. The van der Waals surface area contributed by atoms with E-state index in [4.69, 9.17) is 0 Å². The van der Waals surface area contributed by atoms with Gasteiger partial charge in [-0.25, -0.2) is 4.98 Å². The molecule has 1 fully saturated rings. The van der Waals surface area contributed by atoms with E-state index in [2.05, 4.69) is 11.9 Å². The lowest BCUT2D eigenvalue weighted by Gasteiger charge is -2.31. The summed E-state index contributed by atoms with van der Waals surface area (Å²) in [6.45, 7) is 5.72. The smallest absolute Gasteiger partial charge is 0.257 e. The molecule has 0 aromatic carbocycles. The lowest BCUT2D eigenvalue weighted by molar-refractivity contribution is -0.133. The van der Waals surface area contributed by atoms with Crippen LogP contribution in [0.2, 0.25) is 0 Å². The van der Waals surface area contributed by atoms with Gasteiger partial charge in [-0.2, -0.15) is 0 Å². The van der Waals surface area contributed by atoms with E-state index in [-0.39, 0.29) is 17.5 Å². The van der Waals surface area contributed by atoms with Gasteiger partial charge in [0.25, 0.3) is 5.56 Å². The van der Waals surface area contributed by atoms with Gasteiger partial charge in [-0.05, 0) is 25.7 Å². The van der Waals surface area contributed by atoms with E-state index in [0.717, 1.165) is 36.8 Å². The molecule has 0 unspecified atom stereocenters. The third kappa shape index (κ3) is 2.86. The summed E-state index contributed by atoms with van der Waals surface area (Å²) < 4.78 is 1.71. The summed E-state index contributed by atoms with van der Waals surface area (Å²) in [7, 11) is 0. The van der Waals surface area contributed by atoms with Crippen LogP contribution in [0.3, 0.4) is 0 Å². The highest BCUT2D eigenvalue weighted by Gasteiger charge is 2.30. The van der Waals surface area contributed by atoms with Gasteiger partial charge >= 0.3 is 0 Å². The Labute approximate surface area is 128 Å². The number of amides is 1. The number of fused-ring (bicyclic) bond motifs is 1. The molecular formula is C15H21N3O2S. The molecule has 0 saturated carbocycles. The van der Waals surface area contributed by atoms with Gasteiger partial charge in [0.15, 0.2) is 5.16 Å². The molecule has 3 heterocycles. The summed E-state index contributed by atoms with van der Waals surface area (Å²) in [6.07, 6.45) is 4.21. The zero-order chi connectivity index (χ0) is 15.0. The number of aryl methyl sites for hydroxylation is 1. The van der Waals surface area contributed by atoms with Crippen LogP contribution >= 0.6 is 11.8 Å². The largest absolute Gasteiger partial charge is 0.343 e. The van der Waals surface area contributed by atoms with Crippen molar-refractivity contribution in [1.29, 1.82) is 0 Å². The fourth-order valence-corrected chi connectivity index (χ4v) is 4.07. The highest BCUT2D eigenvalue weighted by atomic mass is 32.2. The quantitative estimate of drug-likeness (QED) is 0.783. The van der Waals surface area contributed by atoms with Crippen LogP contribution in [0, 0.1) is 12.8 Å². The van der Waals surface area contributed by atoms with E-state index < -0.39 is 0 Å². The normalized spacial score (nSPS) is 22.4. The van der Waals surface area contributed by atoms with Crippen molar-refractivity contribution >= 4 is 17.7 Å². The molecule has 114 valence electrons. The standard InChI is InChI=1S/C15H21N3O2S/c1-10-3-5-17(6-4-10)13(19)7-12-9-21-15-16-8-11(2)14(20)18(12)15/h8,10,12H,3-7,9H2,1-2H3/t12-/m0/s1. The number of carbonyl (C=O) groups excluding carboxylic acids is 1. The molecule has 1 aromatic heterocycles. The summed E-state index contributed by atoms with van der Waals surface area (Å²) >= 11 is 1.57. The molecule has 1 amide bonds. The summed E-state index contributed by atoms with van der Waals surface area (Å²) in [6, 6.07) is -0.0447. The van der Waals surface area contributed by atoms with Crippen LogP contribution in [-0.4, -0.2) is 39.2 Å². The molecule has 0 aliphatic carbocycles. The van der Waals surface area contributed by atoms with E-state index in [1.165, 1.54) is 0 Å². The fourth-order valence-electron chi connectivity index (χ4n) is 2.96. The van der Waals surface area contributed by atoms with Crippen molar-refractivity contribution in [3.8, 4) is 0 Å². The predicted molar refractivity (Wildman–Crippen MR) is 82.6 cm³/mol. The molecule has 0 spiro atoms.